The van der Waals surface area contributed by atoms with E-state index in [1.165, 1.54) is 0 Å². The van der Waals surface area contributed by atoms with Gasteiger partial charge in [-0.05, 0) is 45.1 Å². The van der Waals surface area contributed by atoms with Crippen LogP contribution < -0.4 is 0 Å². The molecule has 27 heavy (non-hydrogen) atoms. The maximum atomic E-state index is 12.9. The zero-order valence-corrected chi connectivity index (χ0v) is 17.0. The molecule has 3 fully saturated rings. The first kappa shape index (κ1) is 18.9. The molecule has 3 aliphatic rings. The highest BCUT2D eigenvalue weighted by molar-refractivity contribution is 7.09. The standard InChI is InChI=1S/C20H30N4O2S/c1-22(14-18-21-8-12-27-18)19(25)16-3-2-9-24(13-16)17-6-10-23(11-7-17)20(26)15-4-5-15/h8,12,15-17H,2-7,9-11,13-14H2,1H3/t16-/m0/s1. The van der Waals surface area contributed by atoms with Crippen LogP contribution in [0, 0.1) is 11.8 Å². The van der Waals surface area contributed by atoms with Crippen molar-refractivity contribution in [3.05, 3.63) is 16.6 Å². The lowest BCUT2D eigenvalue weighted by Crippen LogP contribution is -2.51. The summed E-state index contributed by atoms with van der Waals surface area (Å²) >= 11 is 1.60. The second kappa shape index (κ2) is 8.27. The summed E-state index contributed by atoms with van der Waals surface area (Å²) < 4.78 is 0. The number of nitrogens with zero attached hydrogens (tertiary/aromatic N) is 4. The minimum atomic E-state index is 0.0924. The van der Waals surface area contributed by atoms with Gasteiger partial charge < -0.3 is 9.80 Å². The fourth-order valence-corrected chi connectivity index (χ4v) is 5.17. The first-order valence-corrected chi connectivity index (χ1v) is 11.2. The van der Waals surface area contributed by atoms with Gasteiger partial charge in [-0.25, -0.2) is 4.98 Å². The summed E-state index contributed by atoms with van der Waals surface area (Å²) in [5.74, 6) is 1.04. The van der Waals surface area contributed by atoms with E-state index < -0.39 is 0 Å². The highest BCUT2D eigenvalue weighted by Crippen LogP contribution is 2.33. The van der Waals surface area contributed by atoms with Crippen LogP contribution in [0.1, 0.15) is 43.5 Å². The summed E-state index contributed by atoms with van der Waals surface area (Å²) in [4.78, 5) is 35.9. The van der Waals surface area contributed by atoms with Gasteiger partial charge >= 0.3 is 0 Å². The van der Waals surface area contributed by atoms with Crippen LogP contribution in [0.5, 0.6) is 0 Å². The molecule has 2 saturated heterocycles. The van der Waals surface area contributed by atoms with Gasteiger partial charge in [0.05, 0.1) is 12.5 Å². The Labute approximate surface area is 165 Å². The summed E-state index contributed by atoms with van der Waals surface area (Å²) in [7, 11) is 1.89. The van der Waals surface area contributed by atoms with E-state index in [2.05, 4.69) is 14.8 Å². The van der Waals surface area contributed by atoms with E-state index in [0.29, 0.717) is 24.4 Å². The molecule has 1 saturated carbocycles. The fourth-order valence-electron chi connectivity index (χ4n) is 4.50. The monoisotopic (exact) mass is 390 g/mol. The summed E-state index contributed by atoms with van der Waals surface area (Å²) in [6.07, 6.45) is 8.13. The lowest BCUT2D eigenvalue weighted by atomic mass is 9.93. The number of hydrogen-bond acceptors (Lipinski definition) is 5. The summed E-state index contributed by atoms with van der Waals surface area (Å²) in [5.41, 5.74) is 0. The topological polar surface area (TPSA) is 56.8 Å². The first-order valence-electron chi connectivity index (χ1n) is 10.3. The molecule has 0 radical (unpaired) electrons. The van der Waals surface area contributed by atoms with Crippen LogP contribution in [-0.2, 0) is 16.1 Å². The van der Waals surface area contributed by atoms with Gasteiger partial charge in [0.25, 0.3) is 0 Å². The van der Waals surface area contributed by atoms with E-state index in [-0.39, 0.29) is 11.8 Å². The van der Waals surface area contributed by atoms with Crippen molar-refractivity contribution in [1.82, 2.24) is 19.7 Å². The fraction of sp³-hybridized carbons (Fsp3) is 0.750. The SMILES string of the molecule is CN(Cc1nccs1)C(=O)[C@H]1CCCN(C2CCN(C(=O)C3CC3)CC2)C1. The van der Waals surface area contributed by atoms with Gasteiger partial charge in [0.2, 0.25) is 11.8 Å². The van der Waals surface area contributed by atoms with Crippen molar-refractivity contribution in [2.24, 2.45) is 11.8 Å². The normalized spacial score (nSPS) is 24.8. The summed E-state index contributed by atoms with van der Waals surface area (Å²) in [6, 6.07) is 0.521. The molecule has 1 aliphatic carbocycles. The van der Waals surface area contributed by atoms with Crippen molar-refractivity contribution in [1.29, 1.82) is 0 Å². The molecule has 0 aromatic carbocycles. The Morgan fingerprint density at radius 2 is 1.93 bits per heavy atom. The molecule has 148 valence electrons. The molecule has 1 aromatic rings. The maximum absolute atomic E-state index is 12.9. The van der Waals surface area contributed by atoms with Crippen molar-refractivity contribution >= 4 is 23.2 Å². The molecule has 0 unspecified atom stereocenters. The number of thiazole rings is 1. The third-order valence-corrected chi connectivity index (χ3v) is 7.02. The Morgan fingerprint density at radius 1 is 1.15 bits per heavy atom. The van der Waals surface area contributed by atoms with Crippen LogP contribution in [-0.4, -0.2) is 70.8 Å². The Bertz CT molecular complexity index is 653. The van der Waals surface area contributed by atoms with Crippen LogP contribution in [0.25, 0.3) is 0 Å². The van der Waals surface area contributed by atoms with Crippen molar-refractivity contribution in [3.8, 4) is 0 Å². The Balaban J connectivity index is 1.27. The highest BCUT2D eigenvalue weighted by atomic mass is 32.1. The molecule has 1 atom stereocenters. The van der Waals surface area contributed by atoms with Gasteiger partial charge in [0, 0.05) is 50.2 Å². The van der Waals surface area contributed by atoms with Crippen LogP contribution in [0.2, 0.25) is 0 Å². The smallest absolute Gasteiger partial charge is 0.227 e. The average molecular weight is 391 g/mol. The molecule has 1 aromatic heterocycles. The first-order chi connectivity index (χ1) is 13.1. The number of likely N-dealkylation sites (tertiary alicyclic amines) is 2. The number of rotatable bonds is 5. The van der Waals surface area contributed by atoms with Crippen molar-refractivity contribution in [2.45, 2.75) is 51.1 Å². The second-order valence-corrected chi connectivity index (χ2v) is 9.26. The molecule has 0 bridgehead atoms. The van der Waals surface area contributed by atoms with E-state index in [1.807, 2.05) is 17.3 Å². The van der Waals surface area contributed by atoms with E-state index in [9.17, 15) is 9.59 Å². The number of piperidine rings is 2. The molecule has 2 aliphatic heterocycles. The van der Waals surface area contributed by atoms with Crippen LogP contribution >= 0.6 is 11.3 Å². The van der Waals surface area contributed by atoms with E-state index in [1.54, 1.807) is 17.5 Å². The van der Waals surface area contributed by atoms with Gasteiger partial charge in [0.1, 0.15) is 5.01 Å². The average Bonchev–Trinajstić information content (AvgIpc) is 3.44. The maximum Gasteiger partial charge on any atom is 0.227 e. The van der Waals surface area contributed by atoms with Crippen molar-refractivity contribution in [3.63, 3.8) is 0 Å². The van der Waals surface area contributed by atoms with Crippen LogP contribution in [0.15, 0.2) is 11.6 Å². The Kier molecular flexibility index (Phi) is 5.78. The molecule has 2 amide bonds. The van der Waals surface area contributed by atoms with Crippen LogP contribution in [0.4, 0.5) is 0 Å². The molecule has 3 heterocycles. The lowest BCUT2D eigenvalue weighted by Gasteiger charge is -2.42. The van der Waals surface area contributed by atoms with Gasteiger partial charge in [-0.2, -0.15) is 0 Å². The minimum absolute atomic E-state index is 0.0924. The zero-order chi connectivity index (χ0) is 18.8. The van der Waals surface area contributed by atoms with Crippen LogP contribution in [0.3, 0.4) is 0 Å². The second-order valence-electron chi connectivity index (χ2n) is 8.28. The number of hydrogen-bond donors (Lipinski definition) is 0. The van der Waals surface area contributed by atoms with Gasteiger partial charge in [-0.1, -0.05) is 0 Å². The molecular formula is C20H30N4O2S. The predicted octanol–water partition coefficient (Wildman–Crippen LogP) is 2.21. The Morgan fingerprint density at radius 3 is 2.59 bits per heavy atom. The molecule has 7 heteroatoms. The predicted molar refractivity (Wildman–Crippen MR) is 105 cm³/mol. The number of carbonyl (C=O) groups excluding carboxylic acids is 2. The van der Waals surface area contributed by atoms with Gasteiger partial charge in [-0.15, -0.1) is 11.3 Å². The van der Waals surface area contributed by atoms with E-state index in [0.717, 1.165) is 69.7 Å². The largest absolute Gasteiger partial charge is 0.342 e. The van der Waals surface area contributed by atoms with Gasteiger partial charge in [0.15, 0.2) is 0 Å². The van der Waals surface area contributed by atoms with Gasteiger partial charge in [-0.3, -0.25) is 14.5 Å². The molecule has 6 nitrogen and oxygen atoms in total. The molecule has 4 rings (SSSR count). The number of amides is 2. The lowest BCUT2D eigenvalue weighted by molar-refractivity contribution is -0.137. The van der Waals surface area contributed by atoms with Crippen molar-refractivity contribution in [2.75, 3.05) is 33.2 Å². The summed E-state index contributed by atoms with van der Waals surface area (Å²) in [5, 5.41) is 2.95. The number of aromatic nitrogens is 1. The Hall–Kier alpha value is -1.47. The minimum Gasteiger partial charge on any atom is -0.342 e. The molecule has 0 spiro atoms. The zero-order valence-electron chi connectivity index (χ0n) is 16.2. The van der Waals surface area contributed by atoms with E-state index in [4.69, 9.17) is 0 Å². The van der Waals surface area contributed by atoms with E-state index >= 15 is 0 Å². The molecular weight excluding hydrogens is 360 g/mol. The quantitative estimate of drug-likeness (QED) is 0.774. The third kappa shape index (κ3) is 4.51. The third-order valence-electron chi connectivity index (χ3n) is 6.25. The highest BCUT2D eigenvalue weighted by Gasteiger charge is 2.37. The summed E-state index contributed by atoms with van der Waals surface area (Å²) in [6.45, 7) is 4.33. The van der Waals surface area contributed by atoms with Crippen molar-refractivity contribution < 1.29 is 9.59 Å². The number of carbonyl (C=O) groups is 2. The molecule has 0 N–H and O–H groups in total.